The Balaban J connectivity index is 1.28. The Kier molecular flexibility index (Phi) is 7.56. The SMILES string of the molecule is O=C(CC1CCCCN1S(=O)(=O)c1cccc(C(F)(F)F)c1)N1CCc2nc(Cc3ccncc3)sc2C1. The Morgan fingerprint density at radius 2 is 1.89 bits per heavy atom. The Morgan fingerprint density at radius 3 is 2.66 bits per heavy atom. The topological polar surface area (TPSA) is 83.5 Å². The molecule has 38 heavy (non-hydrogen) atoms. The average molecular weight is 565 g/mol. The molecule has 0 saturated carbocycles. The van der Waals surface area contributed by atoms with E-state index in [4.69, 9.17) is 4.98 Å². The van der Waals surface area contributed by atoms with Crippen LogP contribution in [0, 0.1) is 0 Å². The van der Waals surface area contributed by atoms with Gasteiger partial charge in [-0.15, -0.1) is 11.3 Å². The van der Waals surface area contributed by atoms with Gasteiger partial charge in [0, 0.05) is 55.7 Å². The molecule has 4 heterocycles. The van der Waals surface area contributed by atoms with E-state index < -0.39 is 32.7 Å². The van der Waals surface area contributed by atoms with Gasteiger partial charge in [-0.1, -0.05) is 12.5 Å². The number of amides is 1. The van der Waals surface area contributed by atoms with Crippen molar-refractivity contribution in [2.75, 3.05) is 13.1 Å². The van der Waals surface area contributed by atoms with Crippen LogP contribution in [-0.2, 0) is 40.4 Å². The number of hydrogen-bond acceptors (Lipinski definition) is 6. The lowest BCUT2D eigenvalue weighted by atomic mass is 10.0. The number of rotatable bonds is 6. The first-order chi connectivity index (χ1) is 18.1. The Labute approximate surface area is 223 Å². The van der Waals surface area contributed by atoms with Crippen LogP contribution in [0.1, 0.15) is 52.4 Å². The third-order valence-corrected chi connectivity index (χ3v) is 10.0. The lowest BCUT2D eigenvalue weighted by molar-refractivity contribution is -0.137. The van der Waals surface area contributed by atoms with Gasteiger partial charge >= 0.3 is 6.18 Å². The molecule has 1 fully saturated rings. The number of fused-ring (bicyclic) bond motifs is 1. The summed E-state index contributed by atoms with van der Waals surface area (Å²) < 4.78 is 67.6. The van der Waals surface area contributed by atoms with Crippen LogP contribution < -0.4 is 0 Å². The summed E-state index contributed by atoms with van der Waals surface area (Å²) in [6.45, 7) is 1.10. The number of carbonyl (C=O) groups excluding carboxylic acids is 1. The summed E-state index contributed by atoms with van der Waals surface area (Å²) >= 11 is 1.58. The van der Waals surface area contributed by atoms with Crippen molar-refractivity contribution in [3.05, 3.63) is 75.5 Å². The van der Waals surface area contributed by atoms with Gasteiger partial charge in [0.15, 0.2) is 0 Å². The zero-order chi connectivity index (χ0) is 26.9. The van der Waals surface area contributed by atoms with Crippen molar-refractivity contribution in [3.8, 4) is 0 Å². The zero-order valence-electron chi connectivity index (χ0n) is 20.5. The van der Waals surface area contributed by atoms with Gasteiger partial charge in [0.2, 0.25) is 15.9 Å². The second-order valence-corrected chi connectivity index (χ2v) is 12.6. The number of nitrogens with zero attached hydrogens (tertiary/aromatic N) is 4. The fourth-order valence-corrected chi connectivity index (χ4v) is 7.91. The van der Waals surface area contributed by atoms with Crippen LogP contribution in [0.5, 0.6) is 0 Å². The minimum Gasteiger partial charge on any atom is -0.337 e. The van der Waals surface area contributed by atoms with Gasteiger partial charge in [0.05, 0.1) is 27.7 Å². The molecular weight excluding hydrogens is 537 g/mol. The summed E-state index contributed by atoms with van der Waals surface area (Å²) in [5.41, 5.74) is 1.09. The quantitative estimate of drug-likeness (QED) is 0.435. The molecule has 0 spiro atoms. The van der Waals surface area contributed by atoms with Crippen molar-refractivity contribution < 1.29 is 26.4 Å². The fourth-order valence-electron chi connectivity index (χ4n) is 5.01. The van der Waals surface area contributed by atoms with Crippen LogP contribution in [-0.4, -0.2) is 52.6 Å². The van der Waals surface area contributed by atoms with Gasteiger partial charge in [-0.2, -0.15) is 17.5 Å². The number of hydrogen-bond donors (Lipinski definition) is 0. The number of aromatic nitrogens is 2. The van der Waals surface area contributed by atoms with Crippen molar-refractivity contribution in [3.63, 3.8) is 0 Å². The molecule has 2 aromatic heterocycles. The van der Waals surface area contributed by atoms with Gasteiger partial charge in [-0.3, -0.25) is 9.78 Å². The number of carbonyl (C=O) groups is 1. The second kappa shape index (κ2) is 10.7. The molecule has 2 aliphatic heterocycles. The highest BCUT2D eigenvalue weighted by Crippen LogP contribution is 2.34. The standard InChI is InChI=1S/C26H27F3N4O3S2/c27-26(28,29)19-4-3-6-21(15-19)38(35,36)33-12-2-1-5-20(33)16-25(34)32-13-9-22-23(17-32)37-24(31-22)14-18-7-10-30-11-8-18/h3-4,6-8,10-11,15,20H,1-2,5,9,12-14,16-17H2. The largest absolute Gasteiger partial charge is 0.416 e. The highest BCUT2D eigenvalue weighted by atomic mass is 32.2. The molecule has 0 N–H and O–H groups in total. The molecule has 0 aliphatic carbocycles. The molecule has 7 nitrogen and oxygen atoms in total. The molecule has 0 bridgehead atoms. The fraction of sp³-hybridized carbons (Fsp3) is 0.423. The van der Waals surface area contributed by atoms with E-state index in [0.29, 0.717) is 44.8 Å². The molecule has 1 aromatic carbocycles. The van der Waals surface area contributed by atoms with Gasteiger partial charge in [0.25, 0.3) is 0 Å². The highest BCUT2D eigenvalue weighted by molar-refractivity contribution is 7.89. The molecule has 0 radical (unpaired) electrons. The molecule has 2 aliphatic rings. The molecule has 12 heteroatoms. The van der Waals surface area contributed by atoms with Crippen LogP contribution in [0.4, 0.5) is 13.2 Å². The van der Waals surface area contributed by atoms with Crippen LogP contribution in [0.25, 0.3) is 0 Å². The van der Waals surface area contributed by atoms with E-state index in [1.165, 1.54) is 10.4 Å². The Bertz CT molecular complexity index is 1410. The van der Waals surface area contributed by atoms with Crippen molar-refractivity contribution in [1.29, 1.82) is 0 Å². The number of thiazole rings is 1. The van der Waals surface area contributed by atoms with Crippen molar-refractivity contribution >= 4 is 27.3 Å². The number of piperidine rings is 1. The second-order valence-electron chi connectivity index (χ2n) is 9.57. The van der Waals surface area contributed by atoms with Crippen LogP contribution in [0.2, 0.25) is 0 Å². The molecule has 1 saturated heterocycles. The number of halogens is 3. The maximum absolute atomic E-state index is 13.4. The summed E-state index contributed by atoms with van der Waals surface area (Å²) in [6.07, 6.45) is 1.99. The first-order valence-electron chi connectivity index (χ1n) is 12.4. The lowest BCUT2D eigenvalue weighted by Gasteiger charge is -2.36. The normalized spacial score (nSPS) is 18.8. The van der Waals surface area contributed by atoms with Crippen molar-refractivity contribution in [2.45, 2.75) is 62.2 Å². The van der Waals surface area contributed by atoms with Crippen LogP contribution >= 0.6 is 11.3 Å². The molecule has 1 amide bonds. The average Bonchev–Trinajstić information content (AvgIpc) is 3.30. The summed E-state index contributed by atoms with van der Waals surface area (Å²) in [4.78, 5) is 24.5. The van der Waals surface area contributed by atoms with E-state index in [0.717, 1.165) is 39.7 Å². The molecule has 1 atom stereocenters. The third-order valence-electron chi connectivity index (χ3n) is 6.98. The highest BCUT2D eigenvalue weighted by Gasteiger charge is 2.38. The molecule has 202 valence electrons. The summed E-state index contributed by atoms with van der Waals surface area (Å²) in [5, 5.41) is 0.973. The number of benzene rings is 1. The zero-order valence-corrected chi connectivity index (χ0v) is 22.2. The minimum absolute atomic E-state index is 0.00377. The van der Waals surface area contributed by atoms with Gasteiger partial charge in [-0.25, -0.2) is 13.4 Å². The molecule has 5 rings (SSSR count). The van der Waals surface area contributed by atoms with Gasteiger partial charge in [-0.05, 0) is 48.7 Å². The van der Waals surface area contributed by atoms with Gasteiger partial charge in [0.1, 0.15) is 0 Å². The lowest BCUT2D eigenvalue weighted by Crippen LogP contribution is -2.47. The van der Waals surface area contributed by atoms with Crippen molar-refractivity contribution in [1.82, 2.24) is 19.2 Å². The molecular formula is C26H27F3N4O3S2. The summed E-state index contributed by atoms with van der Waals surface area (Å²) in [5.74, 6) is -0.157. The number of pyridine rings is 1. The predicted octanol–water partition coefficient (Wildman–Crippen LogP) is 4.67. The number of sulfonamides is 1. The summed E-state index contributed by atoms with van der Waals surface area (Å²) in [6, 6.07) is 7.09. The van der Waals surface area contributed by atoms with E-state index in [2.05, 4.69) is 4.98 Å². The van der Waals surface area contributed by atoms with Crippen molar-refractivity contribution in [2.24, 2.45) is 0 Å². The Hall–Kier alpha value is -2.83. The van der Waals surface area contributed by atoms with E-state index in [9.17, 15) is 26.4 Å². The first kappa shape index (κ1) is 26.8. The molecule has 1 unspecified atom stereocenters. The Morgan fingerprint density at radius 1 is 1.11 bits per heavy atom. The van der Waals surface area contributed by atoms with E-state index in [-0.39, 0.29) is 18.9 Å². The van der Waals surface area contributed by atoms with Crippen LogP contribution in [0.15, 0.2) is 53.7 Å². The maximum Gasteiger partial charge on any atom is 0.416 e. The first-order valence-corrected chi connectivity index (χ1v) is 14.7. The predicted molar refractivity (Wildman–Crippen MR) is 136 cm³/mol. The molecule has 3 aromatic rings. The summed E-state index contributed by atoms with van der Waals surface area (Å²) in [7, 11) is -4.20. The van der Waals surface area contributed by atoms with E-state index in [1.807, 2.05) is 12.1 Å². The number of alkyl halides is 3. The van der Waals surface area contributed by atoms with Crippen LogP contribution in [0.3, 0.4) is 0 Å². The monoisotopic (exact) mass is 564 g/mol. The van der Waals surface area contributed by atoms with E-state index >= 15 is 0 Å². The minimum atomic E-state index is -4.65. The van der Waals surface area contributed by atoms with E-state index in [1.54, 1.807) is 28.6 Å². The maximum atomic E-state index is 13.4. The third kappa shape index (κ3) is 5.76. The smallest absolute Gasteiger partial charge is 0.337 e. The van der Waals surface area contributed by atoms with Gasteiger partial charge < -0.3 is 4.90 Å².